The van der Waals surface area contributed by atoms with Crippen LogP contribution in [0.1, 0.15) is 37.7 Å². The minimum Gasteiger partial charge on any atom is -0.326 e. The van der Waals surface area contributed by atoms with Gasteiger partial charge in [-0.2, -0.15) is 0 Å². The minimum absolute atomic E-state index is 0.0144. The van der Waals surface area contributed by atoms with Gasteiger partial charge in [0.15, 0.2) is 0 Å². The Balaban J connectivity index is 2.01. The van der Waals surface area contributed by atoms with E-state index in [0.29, 0.717) is 6.42 Å². The summed E-state index contributed by atoms with van der Waals surface area (Å²) in [5, 5.41) is 2.95. The molecule has 1 amide bonds. The van der Waals surface area contributed by atoms with E-state index < -0.39 is 0 Å². The van der Waals surface area contributed by atoms with E-state index in [1.165, 1.54) is 0 Å². The van der Waals surface area contributed by atoms with Gasteiger partial charge in [-0.3, -0.25) is 4.79 Å². The number of hydrogen-bond acceptors (Lipinski definition) is 2. The standard InChI is InChI=1S/C14H19BrN2O/c1-10-11(15)5-4-6-12(10)17-13(18)9-14(16)7-2-3-8-14/h4-6H,2-3,7-9,16H2,1H3,(H,17,18). The van der Waals surface area contributed by atoms with Crippen molar-refractivity contribution in [1.82, 2.24) is 0 Å². The number of carbonyl (C=O) groups excluding carboxylic acids is 1. The predicted molar refractivity (Wildman–Crippen MR) is 77.5 cm³/mol. The Morgan fingerprint density at radius 3 is 2.78 bits per heavy atom. The van der Waals surface area contributed by atoms with E-state index in [-0.39, 0.29) is 11.4 Å². The molecule has 98 valence electrons. The zero-order valence-corrected chi connectivity index (χ0v) is 12.2. The number of amides is 1. The maximum Gasteiger partial charge on any atom is 0.226 e. The van der Waals surface area contributed by atoms with Gasteiger partial charge in [0.2, 0.25) is 5.91 Å². The normalized spacial score (nSPS) is 17.7. The molecular weight excluding hydrogens is 292 g/mol. The van der Waals surface area contributed by atoms with Crippen molar-refractivity contribution < 1.29 is 4.79 Å². The number of rotatable bonds is 3. The van der Waals surface area contributed by atoms with Gasteiger partial charge < -0.3 is 11.1 Å². The number of nitrogens with one attached hydrogen (secondary N) is 1. The molecule has 0 radical (unpaired) electrons. The molecule has 1 aliphatic rings. The average molecular weight is 311 g/mol. The van der Waals surface area contributed by atoms with Crippen molar-refractivity contribution in [2.45, 2.75) is 44.6 Å². The van der Waals surface area contributed by atoms with E-state index in [4.69, 9.17) is 5.73 Å². The van der Waals surface area contributed by atoms with Crippen molar-refractivity contribution in [3.63, 3.8) is 0 Å². The molecule has 2 rings (SSSR count). The van der Waals surface area contributed by atoms with E-state index in [0.717, 1.165) is 41.4 Å². The van der Waals surface area contributed by atoms with Gasteiger partial charge in [0.1, 0.15) is 0 Å². The Kier molecular flexibility index (Phi) is 4.07. The van der Waals surface area contributed by atoms with E-state index in [1.54, 1.807) is 0 Å². The van der Waals surface area contributed by atoms with Crippen LogP contribution in [0.25, 0.3) is 0 Å². The second-order valence-electron chi connectivity index (χ2n) is 5.21. The number of benzene rings is 1. The average Bonchev–Trinajstić information content (AvgIpc) is 2.71. The highest BCUT2D eigenvalue weighted by Crippen LogP contribution is 2.31. The van der Waals surface area contributed by atoms with E-state index in [9.17, 15) is 4.79 Å². The lowest BCUT2D eigenvalue weighted by molar-refractivity contribution is -0.117. The van der Waals surface area contributed by atoms with E-state index in [2.05, 4.69) is 21.2 Å². The molecule has 1 fully saturated rings. The summed E-state index contributed by atoms with van der Waals surface area (Å²) in [6, 6.07) is 5.79. The van der Waals surface area contributed by atoms with Crippen molar-refractivity contribution in [3.05, 3.63) is 28.2 Å². The third kappa shape index (κ3) is 3.12. The topological polar surface area (TPSA) is 55.1 Å². The van der Waals surface area contributed by atoms with Gasteiger partial charge >= 0.3 is 0 Å². The fourth-order valence-electron chi connectivity index (χ4n) is 2.51. The second-order valence-corrected chi connectivity index (χ2v) is 6.06. The number of anilines is 1. The zero-order valence-electron chi connectivity index (χ0n) is 10.6. The third-order valence-corrected chi connectivity index (χ3v) is 4.51. The fraction of sp³-hybridized carbons (Fsp3) is 0.500. The number of halogens is 1. The minimum atomic E-state index is -0.288. The van der Waals surface area contributed by atoms with E-state index >= 15 is 0 Å². The summed E-state index contributed by atoms with van der Waals surface area (Å²) in [5.74, 6) is 0.0144. The largest absolute Gasteiger partial charge is 0.326 e. The summed E-state index contributed by atoms with van der Waals surface area (Å²) < 4.78 is 1.00. The molecule has 0 atom stereocenters. The summed E-state index contributed by atoms with van der Waals surface area (Å²) in [5.41, 5.74) is 7.83. The van der Waals surface area contributed by atoms with Gasteiger partial charge in [-0.1, -0.05) is 34.8 Å². The van der Waals surface area contributed by atoms with Gasteiger partial charge in [-0.25, -0.2) is 0 Å². The summed E-state index contributed by atoms with van der Waals surface area (Å²) in [6.07, 6.45) is 4.61. The molecule has 0 bridgehead atoms. The molecule has 0 heterocycles. The van der Waals surface area contributed by atoms with Crippen molar-refractivity contribution in [2.24, 2.45) is 5.73 Å². The zero-order chi connectivity index (χ0) is 13.2. The molecule has 4 heteroatoms. The van der Waals surface area contributed by atoms with Crippen LogP contribution in [0.2, 0.25) is 0 Å². The second kappa shape index (κ2) is 5.41. The molecule has 1 aliphatic carbocycles. The fourth-order valence-corrected chi connectivity index (χ4v) is 2.88. The van der Waals surface area contributed by atoms with Gasteiger partial charge in [-0.05, 0) is 37.5 Å². The molecule has 0 unspecified atom stereocenters. The first-order valence-corrected chi connectivity index (χ1v) is 7.13. The van der Waals surface area contributed by atoms with Crippen molar-refractivity contribution >= 4 is 27.5 Å². The number of carbonyl (C=O) groups is 1. The first kappa shape index (κ1) is 13.6. The molecule has 3 N–H and O–H groups in total. The summed E-state index contributed by atoms with van der Waals surface area (Å²) in [7, 11) is 0. The van der Waals surface area contributed by atoms with Crippen LogP contribution in [0, 0.1) is 6.92 Å². The first-order chi connectivity index (χ1) is 8.50. The lowest BCUT2D eigenvalue weighted by atomic mass is 9.94. The summed E-state index contributed by atoms with van der Waals surface area (Å²) in [6.45, 7) is 1.98. The quantitative estimate of drug-likeness (QED) is 0.899. The van der Waals surface area contributed by atoms with Gasteiger partial charge in [0.05, 0.1) is 0 Å². The van der Waals surface area contributed by atoms with Crippen LogP contribution >= 0.6 is 15.9 Å². The van der Waals surface area contributed by atoms with Crippen LogP contribution in [-0.2, 0) is 4.79 Å². The lowest BCUT2D eigenvalue weighted by Gasteiger charge is -2.22. The van der Waals surface area contributed by atoms with Gasteiger partial charge in [-0.15, -0.1) is 0 Å². The van der Waals surface area contributed by atoms with Crippen LogP contribution in [0.4, 0.5) is 5.69 Å². The number of hydrogen-bond donors (Lipinski definition) is 2. The molecule has 3 nitrogen and oxygen atoms in total. The molecule has 0 saturated heterocycles. The first-order valence-electron chi connectivity index (χ1n) is 6.34. The Morgan fingerprint density at radius 2 is 2.11 bits per heavy atom. The highest BCUT2D eigenvalue weighted by molar-refractivity contribution is 9.10. The van der Waals surface area contributed by atoms with Gasteiger partial charge in [0.25, 0.3) is 0 Å². The van der Waals surface area contributed by atoms with Crippen LogP contribution in [0.3, 0.4) is 0 Å². The summed E-state index contributed by atoms with van der Waals surface area (Å²) >= 11 is 3.46. The number of nitrogens with two attached hydrogens (primary N) is 1. The monoisotopic (exact) mass is 310 g/mol. The maximum atomic E-state index is 12.0. The van der Waals surface area contributed by atoms with Crippen LogP contribution < -0.4 is 11.1 Å². The Labute approximate surface area is 116 Å². The molecular formula is C14H19BrN2O. The molecule has 1 saturated carbocycles. The highest BCUT2D eigenvalue weighted by Gasteiger charge is 2.31. The smallest absolute Gasteiger partial charge is 0.226 e. The third-order valence-electron chi connectivity index (χ3n) is 3.65. The van der Waals surface area contributed by atoms with Gasteiger partial charge in [0, 0.05) is 22.1 Å². The molecule has 1 aromatic carbocycles. The molecule has 18 heavy (non-hydrogen) atoms. The van der Waals surface area contributed by atoms with Crippen molar-refractivity contribution in [2.75, 3.05) is 5.32 Å². The molecule has 0 aliphatic heterocycles. The van der Waals surface area contributed by atoms with Crippen LogP contribution in [0.5, 0.6) is 0 Å². The van der Waals surface area contributed by atoms with Crippen LogP contribution in [-0.4, -0.2) is 11.4 Å². The van der Waals surface area contributed by atoms with Crippen LogP contribution in [0.15, 0.2) is 22.7 Å². The lowest BCUT2D eigenvalue weighted by Crippen LogP contribution is -2.40. The summed E-state index contributed by atoms with van der Waals surface area (Å²) in [4.78, 5) is 12.0. The van der Waals surface area contributed by atoms with Crippen molar-refractivity contribution in [1.29, 1.82) is 0 Å². The predicted octanol–water partition coefficient (Wildman–Crippen LogP) is 3.36. The molecule has 0 spiro atoms. The van der Waals surface area contributed by atoms with Crippen molar-refractivity contribution in [3.8, 4) is 0 Å². The Morgan fingerprint density at radius 1 is 1.44 bits per heavy atom. The molecule has 0 aromatic heterocycles. The Hall–Kier alpha value is -0.870. The highest BCUT2D eigenvalue weighted by atomic mass is 79.9. The Bertz CT molecular complexity index is 453. The maximum absolute atomic E-state index is 12.0. The molecule has 1 aromatic rings. The van der Waals surface area contributed by atoms with E-state index in [1.807, 2.05) is 25.1 Å². The SMILES string of the molecule is Cc1c(Br)cccc1NC(=O)CC1(N)CCCC1.